The van der Waals surface area contributed by atoms with E-state index in [0.717, 1.165) is 0 Å². The number of carbonyl (C=O) groups excluding carboxylic acids is 1. The van der Waals surface area contributed by atoms with Gasteiger partial charge in [-0.2, -0.15) is 13.2 Å². The number of benzene rings is 1. The van der Waals surface area contributed by atoms with Crippen molar-refractivity contribution >= 4 is 29.1 Å². The van der Waals surface area contributed by atoms with Gasteiger partial charge in [-0.15, -0.1) is 11.6 Å². The Morgan fingerprint density at radius 2 is 2.06 bits per heavy atom. The van der Waals surface area contributed by atoms with E-state index < -0.39 is 5.51 Å². The third-order valence-electron chi connectivity index (χ3n) is 2.16. The van der Waals surface area contributed by atoms with E-state index in [1.807, 2.05) is 0 Å². The molecule has 0 spiro atoms. The van der Waals surface area contributed by atoms with Crippen molar-refractivity contribution < 1.29 is 18.0 Å². The highest BCUT2D eigenvalue weighted by Gasteiger charge is 2.30. The van der Waals surface area contributed by atoms with Crippen LogP contribution < -0.4 is 0 Å². The Morgan fingerprint density at radius 3 is 2.59 bits per heavy atom. The molecule has 0 unspecified atom stereocenters. The Bertz CT molecular complexity index is 418. The molecule has 0 bridgehead atoms. The normalized spacial score (nSPS) is 11.6. The molecule has 0 amide bonds. The van der Waals surface area contributed by atoms with Crippen LogP contribution >= 0.6 is 23.4 Å². The molecule has 0 N–H and O–H groups in total. The number of rotatable bonds is 4. The van der Waals surface area contributed by atoms with Crippen LogP contribution in [-0.4, -0.2) is 17.2 Å². The number of halogens is 4. The van der Waals surface area contributed by atoms with Crippen molar-refractivity contribution in [2.24, 2.45) is 0 Å². The summed E-state index contributed by atoms with van der Waals surface area (Å²) in [5.74, 6) is -0.334. The number of ketones is 1. The van der Waals surface area contributed by atoms with E-state index in [9.17, 15) is 18.0 Å². The predicted molar refractivity (Wildman–Crippen MR) is 62.5 cm³/mol. The highest BCUT2D eigenvalue weighted by molar-refractivity contribution is 8.00. The van der Waals surface area contributed by atoms with Gasteiger partial charge in [0.05, 0.1) is 5.88 Å². The second kappa shape index (κ2) is 5.78. The van der Waals surface area contributed by atoms with Gasteiger partial charge in [0.2, 0.25) is 0 Å². The first-order valence-electron chi connectivity index (χ1n) is 4.75. The lowest BCUT2D eigenvalue weighted by Crippen LogP contribution is -2.06. The molecule has 17 heavy (non-hydrogen) atoms. The summed E-state index contributed by atoms with van der Waals surface area (Å²) in [6, 6.07) is 4.54. The zero-order chi connectivity index (χ0) is 13.1. The summed E-state index contributed by atoms with van der Waals surface area (Å²) in [6.45, 7) is 1.57. The Labute approximate surface area is 106 Å². The molecular formula is C11H10ClF3OS. The summed E-state index contributed by atoms with van der Waals surface area (Å²) < 4.78 is 36.8. The maximum Gasteiger partial charge on any atom is 0.446 e. The molecule has 0 aliphatic heterocycles. The van der Waals surface area contributed by atoms with Crippen LogP contribution in [0.5, 0.6) is 0 Å². The zero-order valence-corrected chi connectivity index (χ0v) is 10.5. The molecular weight excluding hydrogens is 273 g/mol. The second-order valence-electron chi connectivity index (χ2n) is 3.44. The van der Waals surface area contributed by atoms with Gasteiger partial charge in [-0.3, -0.25) is 4.79 Å². The van der Waals surface area contributed by atoms with Crippen molar-refractivity contribution in [3.8, 4) is 0 Å². The van der Waals surface area contributed by atoms with Gasteiger partial charge < -0.3 is 0 Å². The number of hydrogen-bond acceptors (Lipinski definition) is 2. The highest BCUT2D eigenvalue weighted by Crippen LogP contribution is 2.39. The van der Waals surface area contributed by atoms with Crippen LogP contribution in [0.3, 0.4) is 0 Å². The Balaban J connectivity index is 2.95. The topological polar surface area (TPSA) is 17.1 Å². The number of hydrogen-bond donors (Lipinski definition) is 0. The lowest BCUT2D eigenvalue weighted by molar-refractivity contribution is -0.116. The third-order valence-corrected chi connectivity index (χ3v) is 3.35. The molecule has 0 saturated heterocycles. The summed E-state index contributed by atoms with van der Waals surface area (Å²) in [6.07, 6.45) is 0.0710. The fourth-order valence-electron chi connectivity index (χ4n) is 1.35. The first-order chi connectivity index (χ1) is 7.83. The maximum absolute atomic E-state index is 12.3. The zero-order valence-electron chi connectivity index (χ0n) is 8.97. The van der Waals surface area contributed by atoms with E-state index in [-0.39, 0.29) is 34.7 Å². The largest absolute Gasteiger partial charge is 0.446 e. The lowest BCUT2D eigenvalue weighted by atomic mass is 10.0. The van der Waals surface area contributed by atoms with E-state index in [1.165, 1.54) is 12.1 Å². The molecule has 0 aliphatic rings. The van der Waals surface area contributed by atoms with Crippen molar-refractivity contribution in [2.45, 2.75) is 23.7 Å². The van der Waals surface area contributed by atoms with Crippen LogP contribution in [0.15, 0.2) is 23.1 Å². The molecule has 1 nitrogen and oxygen atoms in total. The van der Waals surface area contributed by atoms with Crippen molar-refractivity contribution in [1.29, 1.82) is 0 Å². The Hall–Kier alpha value is -0.680. The molecule has 6 heteroatoms. The number of thioether (sulfide) groups is 1. The maximum atomic E-state index is 12.3. The molecule has 1 aromatic rings. The molecule has 1 rings (SSSR count). The van der Waals surface area contributed by atoms with Gasteiger partial charge in [0, 0.05) is 11.3 Å². The standard InChI is InChI=1S/C11H10ClF3OS/c1-7-8(5-9(16)6-12)3-2-4-10(7)17-11(13,14)15/h2-4H,5-6H2,1H3. The van der Waals surface area contributed by atoms with Crippen LogP contribution in [0.1, 0.15) is 11.1 Å². The third kappa shape index (κ3) is 4.60. The van der Waals surface area contributed by atoms with Crippen LogP contribution in [0.2, 0.25) is 0 Å². The SMILES string of the molecule is Cc1c(CC(=O)CCl)cccc1SC(F)(F)F. The van der Waals surface area contributed by atoms with Gasteiger partial charge >= 0.3 is 5.51 Å². The molecule has 94 valence electrons. The quantitative estimate of drug-likeness (QED) is 0.614. The van der Waals surface area contributed by atoms with E-state index in [0.29, 0.717) is 11.1 Å². The Kier molecular flexibility index (Phi) is 4.89. The molecule has 0 saturated carbocycles. The van der Waals surface area contributed by atoms with Crippen LogP contribution in [-0.2, 0) is 11.2 Å². The van der Waals surface area contributed by atoms with Gasteiger partial charge in [0.1, 0.15) is 0 Å². The van der Waals surface area contributed by atoms with Crippen molar-refractivity contribution in [3.63, 3.8) is 0 Å². The number of carbonyl (C=O) groups is 1. The molecule has 0 heterocycles. The van der Waals surface area contributed by atoms with Crippen molar-refractivity contribution in [2.75, 3.05) is 5.88 Å². The fourth-order valence-corrected chi connectivity index (χ4v) is 2.12. The minimum Gasteiger partial charge on any atom is -0.298 e. The average Bonchev–Trinajstić information content (AvgIpc) is 2.22. The summed E-state index contributed by atoms with van der Waals surface area (Å²) in [5, 5.41) is 0. The van der Waals surface area contributed by atoms with Crippen molar-refractivity contribution in [1.82, 2.24) is 0 Å². The van der Waals surface area contributed by atoms with Gasteiger partial charge in [-0.25, -0.2) is 0 Å². The monoisotopic (exact) mass is 282 g/mol. The molecule has 1 aromatic carbocycles. The van der Waals surface area contributed by atoms with E-state index in [2.05, 4.69) is 0 Å². The van der Waals surface area contributed by atoms with Gasteiger partial charge in [0.25, 0.3) is 0 Å². The minimum absolute atomic E-state index is 0.0710. The molecule has 0 radical (unpaired) electrons. The smallest absolute Gasteiger partial charge is 0.298 e. The summed E-state index contributed by atoms with van der Waals surface area (Å²) in [5.41, 5.74) is -3.25. The van der Waals surface area contributed by atoms with E-state index in [1.54, 1.807) is 13.0 Å². The Morgan fingerprint density at radius 1 is 1.41 bits per heavy atom. The summed E-state index contributed by atoms with van der Waals surface area (Å²) in [4.78, 5) is 11.3. The predicted octanol–water partition coefficient (Wildman–Crippen LogP) is 3.96. The number of Topliss-reactive ketones (excluding diaryl/α,β-unsaturated/α-hetero) is 1. The van der Waals surface area contributed by atoms with E-state index >= 15 is 0 Å². The van der Waals surface area contributed by atoms with Crippen LogP contribution in [0.25, 0.3) is 0 Å². The minimum atomic E-state index is -4.32. The van der Waals surface area contributed by atoms with E-state index in [4.69, 9.17) is 11.6 Å². The fraction of sp³-hybridized carbons (Fsp3) is 0.364. The first-order valence-corrected chi connectivity index (χ1v) is 6.10. The molecule has 0 fully saturated rings. The van der Waals surface area contributed by atoms with Crippen LogP contribution in [0.4, 0.5) is 13.2 Å². The van der Waals surface area contributed by atoms with Gasteiger partial charge in [-0.1, -0.05) is 12.1 Å². The average molecular weight is 283 g/mol. The van der Waals surface area contributed by atoms with Crippen LogP contribution in [0, 0.1) is 6.92 Å². The highest BCUT2D eigenvalue weighted by atomic mass is 35.5. The summed E-state index contributed by atoms with van der Waals surface area (Å²) >= 11 is 5.20. The summed E-state index contributed by atoms with van der Waals surface area (Å²) in [7, 11) is 0. The molecule has 0 atom stereocenters. The van der Waals surface area contributed by atoms with Gasteiger partial charge in [0.15, 0.2) is 5.78 Å². The second-order valence-corrected chi connectivity index (χ2v) is 4.81. The van der Waals surface area contributed by atoms with Crippen molar-refractivity contribution in [3.05, 3.63) is 29.3 Å². The first kappa shape index (κ1) is 14.4. The lowest BCUT2D eigenvalue weighted by Gasteiger charge is -2.11. The molecule has 0 aliphatic carbocycles. The van der Waals surface area contributed by atoms with Gasteiger partial charge in [-0.05, 0) is 35.9 Å². The molecule has 0 aromatic heterocycles. The number of alkyl halides is 4.